The molecule has 23 heavy (non-hydrogen) atoms. The Bertz CT molecular complexity index is 670. The quantitative estimate of drug-likeness (QED) is 0.834. The standard InChI is InChI=1S/C17H26N2O3S/c1-12-6-7-16(13(2)9-12)19-17(20)10-14(3)18-11-15-5-4-8-23(15,21)22/h6-7,9,14-15,18H,4-5,8,10-11H2,1-3H3,(H,19,20)/t14-,15+/m0/s1. The predicted molar refractivity (Wildman–Crippen MR) is 93.4 cm³/mol. The Morgan fingerprint density at radius 1 is 1.35 bits per heavy atom. The maximum absolute atomic E-state index is 12.1. The first-order chi connectivity index (χ1) is 10.8. The fourth-order valence-corrected chi connectivity index (χ4v) is 4.70. The summed E-state index contributed by atoms with van der Waals surface area (Å²) in [5.74, 6) is 0.229. The molecule has 0 aliphatic carbocycles. The maximum atomic E-state index is 12.1. The normalized spacial score (nSPS) is 21.1. The van der Waals surface area contributed by atoms with Crippen LogP contribution in [0.15, 0.2) is 18.2 Å². The Balaban J connectivity index is 1.80. The molecule has 2 N–H and O–H groups in total. The van der Waals surface area contributed by atoms with Gasteiger partial charge >= 0.3 is 0 Å². The lowest BCUT2D eigenvalue weighted by molar-refractivity contribution is -0.116. The van der Waals surface area contributed by atoms with Gasteiger partial charge in [0.25, 0.3) is 0 Å². The minimum atomic E-state index is -2.93. The van der Waals surface area contributed by atoms with Crippen LogP contribution in [0.5, 0.6) is 0 Å². The summed E-state index contributed by atoms with van der Waals surface area (Å²) in [4.78, 5) is 12.1. The zero-order chi connectivity index (χ0) is 17.0. The van der Waals surface area contributed by atoms with Gasteiger partial charge in [0.05, 0.1) is 11.0 Å². The van der Waals surface area contributed by atoms with Crippen LogP contribution in [-0.4, -0.2) is 37.9 Å². The molecule has 0 saturated carbocycles. The van der Waals surface area contributed by atoms with Crippen molar-refractivity contribution in [1.29, 1.82) is 0 Å². The van der Waals surface area contributed by atoms with E-state index in [2.05, 4.69) is 10.6 Å². The topological polar surface area (TPSA) is 75.3 Å². The van der Waals surface area contributed by atoms with Gasteiger partial charge in [-0.25, -0.2) is 8.42 Å². The summed E-state index contributed by atoms with van der Waals surface area (Å²) in [5, 5.41) is 5.80. The molecule has 0 unspecified atom stereocenters. The van der Waals surface area contributed by atoms with Gasteiger partial charge in [0.1, 0.15) is 0 Å². The van der Waals surface area contributed by atoms with Crippen LogP contribution in [0.1, 0.15) is 37.3 Å². The molecule has 6 heteroatoms. The van der Waals surface area contributed by atoms with E-state index in [0.717, 1.165) is 29.7 Å². The van der Waals surface area contributed by atoms with E-state index in [9.17, 15) is 13.2 Å². The van der Waals surface area contributed by atoms with E-state index in [4.69, 9.17) is 0 Å². The van der Waals surface area contributed by atoms with E-state index in [1.165, 1.54) is 0 Å². The number of carbonyl (C=O) groups is 1. The average Bonchev–Trinajstić information content (AvgIpc) is 2.78. The molecule has 0 radical (unpaired) electrons. The number of benzene rings is 1. The van der Waals surface area contributed by atoms with Gasteiger partial charge in [0, 0.05) is 24.7 Å². The van der Waals surface area contributed by atoms with Gasteiger partial charge in [-0.05, 0) is 45.2 Å². The van der Waals surface area contributed by atoms with Crippen molar-refractivity contribution in [3.05, 3.63) is 29.3 Å². The second-order valence-corrected chi connectivity index (χ2v) is 8.91. The van der Waals surface area contributed by atoms with Crippen molar-refractivity contribution in [3.63, 3.8) is 0 Å². The second-order valence-electron chi connectivity index (χ2n) is 6.51. The van der Waals surface area contributed by atoms with Crippen molar-refractivity contribution >= 4 is 21.4 Å². The minimum Gasteiger partial charge on any atom is -0.326 e. The lowest BCUT2D eigenvalue weighted by Crippen LogP contribution is -2.37. The number of rotatable bonds is 6. The number of carbonyl (C=O) groups excluding carboxylic acids is 1. The number of amides is 1. The number of sulfone groups is 1. The summed E-state index contributed by atoms with van der Waals surface area (Å²) in [6.07, 6.45) is 1.78. The average molecular weight is 338 g/mol. The van der Waals surface area contributed by atoms with E-state index >= 15 is 0 Å². The van der Waals surface area contributed by atoms with Gasteiger partial charge in [-0.15, -0.1) is 0 Å². The van der Waals surface area contributed by atoms with Gasteiger partial charge in [0.2, 0.25) is 5.91 Å². The van der Waals surface area contributed by atoms with E-state index in [-0.39, 0.29) is 17.2 Å². The second kappa shape index (κ2) is 7.45. The van der Waals surface area contributed by atoms with Crippen LogP contribution < -0.4 is 10.6 Å². The van der Waals surface area contributed by atoms with Gasteiger partial charge in [-0.2, -0.15) is 0 Å². The summed E-state index contributed by atoms with van der Waals surface area (Å²) < 4.78 is 23.6. The highest BCUT2D eigenvalue weighted by molar-refractivity contribution is 7.92. The molecular weight excluding hydrogens is 312 g/mol. The molecule has 0 spiro atoms. The van der Waals surface area contributed by atoms with Crippen molar-refractivity contribution in [3.8, 4) is 0 Å². The first-order valence-corrected chi connectivity index (χ1v) is 9.81. The largest absolute Gasteiger partial charge is 0.326 e. The van der Waals surface area contributed by atoms with E-state index < -0.39 is 9.84 Å². The monoisotopic (exact) mass is 338 g/mol. The zero-order valence-corrected chi connectivity index (χ0v) is 14.9. The van der Waals surface area contributed by atoms with Crippen molar-refractivity contribution in [1.82, 2.24) is 5.32 Å². The molecule has 0 bridgehead atoms. The van der Waals surface area contributed by atoms with Crippen LogP contribution in [0.2, 0.25) is 0 Å². The first kappa shape index (κ1) is 17.9. The molecule has 2 rings (SSSR count). The molecule has 1 heterocycles. The molecule has 2 atom stereocenters. The van der Waals surface area contributed by atoms with Gasteiger partial charge < -0.3 is 10.6 Å². The summed E-state index contributed by atoms with van der Waals surface area (Å²) in [6.45, 7) is 6.32. The van der Waals surface area contributed by atoms with Crippen molar-refractivity contribution in [2.24, 2.45) is 0 Å². The van der Waals surface area contributed by atoms with E-state index in [1.807, 2.05) is 39.0 Å². The molecule has 0 aromatic heterocycles. The molecule has 1 saturated heterocycles. The van der Waals surface area contributed by atoms with Crippen molar-refractivity contribution in [2.45, 2.75) is 51.3 Å². The van der Waals surface area contributed by atoms with Gasteiger partial charge in [-0.3, -0.25) is 4.79 Å². The number of anilines is 1. The third kappa shape index (κ3) is 5.04. The summed E-state index contributed by atoms with van der Waals surface area (Å²) in [7, 11) is -2.93. The molecule has 1 aromatic carbocycles. The fraction of sp³-hybridized carbons (Fsp3) is 0.588. The van der Waals surface area contributed by atoms with Crippen molar-refractivity contribution < 1.29 is 13.2 Å². The Kier molecular flexibility index (Phi) is 5.81. The predicted octanol–water partition coefficient (Wildman–Crippen LogP) is 2.19. The Morgan fingerprint density at radius 3 is 2.70 bits per heavy atom. The maximum Gasteiger partial charge on any atom is 0.225 e. The van der Waals surface area contributed by atoms with Crippen LogP contribution in [0.25, 0.3) is 0 Å². The van der Waals surface area contributed by atoms with Gasteiger partial charge in [-0.1, -0.05) is 17.7 Å². The Labute approximate surface area is 138 Å². The fourth-order valence-electron chi connectivity index (χ4n) is 2.93. The molecule has 1 aromatic rings. The number of hydrogen-bond donors (Lipinski definition) is 2. The molecular formula is C17H26N2O3S. The smallest absolute Gasteiger partial charge is 0.225 e. The Hall–Kier alpha value is -1.40. The highest BCUT2D eigenvalue weighted by Gasteiger charge is 2.31. The van der Waals surface area contributed by atoms with Gasteiger partial charge in [0.15, 0.2) is 9.84 Å². The molecule has 1 aliphatic rings. The number of nitrogens with one attached hydrogen (secondary N) is 2. The molecule has 1 amide bonds. The minimum absolute atomic E-state index is 0.0587. The Morgan fingerprint density at radius 2 is 2.09 bits per heavy atom. The zero-order valence-electron chi connectivity index (χ0n) is 14.1. The highest BCUT2D eigenvalue weighted by atomic mass is 32.2. The van der Waals surface area contributed by atoms with E-state index in [0.29, 0.717) is 18.7 Å². The summed E-state index contributed by atoms with van der Waals surface area (Å²) >= 11 is 0. The lowest BCUT2D eigenvalue weighted by Gasteiger charge is -2.17. The van der Waals surface area contributed by atoms with Crippen LogP contribution in [0.3, 0.4) is 0 Å². The number of hydrogen-bond acceptors (Lipinski definition) is 4. The summed E-state index contributed by atoms with van der Waals surface area (Å²) in [6, 6.07) is 5.85. The van der Waals surface area contributed by atoms with Crippen LogP contribution in [0, 0.1) is 13.8 Å². The first-order valence-electron chi connectivity index (χ1n) is 8.10. The van der Waals surface area contributed by atoms with E-state index in [1.54, 1.807) is 0 Å². The number of aryl methyl sites for hydroxylation is 2. The third-order valence-electron chi connectivity index (χ3n) is 4.30. The molecule has 1 fully saturated rings. The van der Waals surface area contributed by atoms with Crippen molar-refractivity contribution in [2.75, 3.05) is 17.6 Å². The molecule has 5 nitrogen and oxygen atoms in total. The molecule has 1 aliphatic heterocycles. The molecule has 128 valence electrons. The van der Waals surface area contributed by atoms with Crippen LogP contribution in [-0.2, 0) is 14.6 Å². The van der Waals surface area contributed by atoms with Crippen LogP contribution >= 0.6 is 0 Å². The summed E-state index contributed by atoms with van der Waals surface area (Å²) in [5.41, 5.74) is 3.02. The lowest BCUT2D eigenvalue weighted by atomic mass is 10.1. The third-order valence-corrected chi connectivity index (χ3v) is 6.58. The highest BCUT2D eigenvalue weighted by Crippen LogP contribution is 2.19. The SMILES string of the molecule is Cc1ccc(NC(=O)C[C@H](C)NC[C@H]2CCCS2(=O)=O)c(C)c1. The van der Waals surface area contributed by atoms with Crippen LogP contribution in [0.4, 0.5) is 5.69 Å².